The molecule has 0 fully saturated rings. The van der Waals surface area contributed by atoms with Crippen molar-refractivity contribution < 1.29 is 0 Å². The van der Waals surface area contributed by atoms with Crippen LogP contribution in [0.2, 0.25) is 0 Å². The molecule has 0 saturated heterocycles. The van der Waals surface area contributed by atoms with E-state index < -0.39 is 0 Å². The van der Waals surface area contributed by atoms with Gasteiger partial charge < -0.3 is 0 Å². The standard InChI is InChI=1S/C14H9N2S/c1-2-6-11(7-3-1)17-14-10-15-12-8-4-5-9-13(12)16-14/h1-6,8-10H. The van der Waals surface area contributed by atoms with Gasteiger partial charge in [0.25, 0.3) is 0 Å². The third-order valence-corrected chi connectivity index (χ3v) is 3.20. The molecular formula is C14H9N2S. The maximum atomic E-state index is 4.55. The minimum Gasteiger partial charge on any atom is -0.252 e. The molecule has 0 aliphatic carbocycles. The third kappa shape index (κ3) is 2.29. The van der Waals surface area contributed by atoms with Crippen LogP contribution in [0.15, 0.2) is 64.6 Å². The second-order valence-electron chi connectivity index (χ2n) is 3.53. The van der Waals surface area contributed by atoms with Gasteiger partial charge in [-0.3, -0.25) is 4.98 Å². The Balaban J connectivity index is 1.96. The average molecular weight is 237 g/mol. The van der Waals surface area contributed by atoms with Crippen molar-refractivity contribution in [3.8, 4) is 0 Å². The highest BCUT2D eigenvalue weighted by molar-refractivity contribution is 7.99. The van der Waals surface area contributed by atoms with Crippen LogP contribution in [0, 0.1) is 6.07 Å². The molecule has 0 atom stereocenters. The Kier molecular flexibility index (Phi) is 2.76. The smallest absolute Gasteiger partial charge is 0.120 e. The molecule has 2 aromatic carbocycles. The predicted octanol–water partition coefficient (Wildman–Crippen LogP) is 3.58. The molecule has 0 aliphatic rings. The van der Waals surface area contributed by atoms with Gasteiger partial charge in [-0.05, 0) is 24.3 Å². The van der Waals surface area contributed by atoms with Crippen molar-refractivity contribution >= 4 is 22.8 Å². The van der Waals surface area contributed by atoms with Crippen LogP contribution in [-0.4, -0.2) is 9.97 Å². The van der Waals surface area contributed by atoms with Crippen molar-refractivity contribution in [3.05, 3.63) is 60.8 Å². The number of fused-ring (bicyclic) bond motifs is 1. The lowest BCUT2D eigenvalue weighted by atomic mass is 10.3. The number of hydrogen-bond acceptors (Lipinski definition) is 3. The van der Waals surface area contributed by atoms with E-state index >= 15 is 0 Å². The number of benzene rings is 2. The second kappa shape index (κ2) is 4.55. The fourth-order valence-electron chi connectivity index (χ4n) is 1.54. The van der Waals surface area contributed by atoms with E-state index in [0.717, 1.165) is 21.0 Å². The summed E-state index contributed by atoms with van der Waals surface area (Å²) >= 11 is 1.57. The maximum Gasteiger partial charge on any atom is 0.120 e. The molecule has 0 spiro atoms. The maximum absolute atomic E-state index is 4.55. The lowest BCUT2D eigenvalue weighted by molar-refractivity contribution is 1.12. The number of nitrogens with zero attached hydrogens (tertiary/aromatic N) is 2. The molecule has 0 amide bonds. The topological polar surface area (TPSA) is 25.8 Å². The van der Waals surface area contributed by atoms with Crippen LogP contribution in [0.5, 0.6) is 0 Å². The molecule has 0 bridgehead atoms. The van der Waals surface area contributed by atoms with Crippen LogP contribution in [0.3, 0.4) is 0 Å². The first kappa shape index (κ1) is 10.3. The lowest BCUT2D eigenvalue weighted by Gasteiger charge is -2.01. The van der Waals surface area contributed by atoms with Gasteiger partial charge in [-0.1, -0.05) is 42.1 Å². The van der Waals surface area contributed by atoms with Crippen molar-refractivity contribution in [1.82, 2.24) is 9.97 Å². The zero-order chi connectivity index (χ0) is 11.5. The molecule has 0 N–H and O–H groups in total. The lowest BCUT2D eigenvalue weighted by Crippen LogP contribution is -1.85. The molecule has 0 aliphatic heterocycles. The van der Waals surface area contributed by atoms with E-state index in [1.54, 1.807) is 18.0 Å². The summed E-state index contributed by atoms with van der Waals surface area (Å²) in [6, 6.07) is 18.9. The van der Waals surface area contributed by atoms with E-state index in [9.17, 15) is 0 Å². The van der Waals surface area contributed by atoms with Crippen LogP contribution < -0.4 is 0 Å². The van der Waals surface area contributed by atoms with Crippen molar-refractivity contribution in [3.63, 3.8) is 0 Å². The zero-order valence-electron chi connectivity index (χ0n) is 9.00. The molecular weight excluding hydrogens is 228 g/mol. The van der Waals surface area contributed by atoms with Gasteiger partial charge in [-0.2, -0.15) is 0 Å². The Bertz CT molecular complexity index is 638. The molecule has 1 radical (unpaired) electrons. The van der Waals surface area contributed by atoms with Crippen molar-refractivity contribution in [2.24, 2.45) is 0 Å². The first-order valence-electron chi connectivity index (χ1n) is 5.28. The number of aromatic nitrogens is 2. The highest BCUT2D eigenvalue weighted by Crippen LogP contribution is 2.25. The quantitative estimate of drug-likeness (QED) is 0.681. The van der Waals surface area contributed by atoms with Gasteiger partial charge in [0.05, 0.1) is 17.2 Å². The summed E-state index contributed by atoms with van der Waals surface area (Å²) in [6.07, 6.45) is 1.80. The van der Waals surface area contributed by atoms with Crippen molar-refractivity contribution in [2.45, 2.75) is 9.92 Å². The van der Waals surface area contributed by atoms with E-state index in [1.807, 2.05) is 48.5 Å². The summed E-state index contributed by atoms with van der Waals surface area (Å²) < 4.78 is 0. The minimum absolute atomic E-state index is 0.895. The number of rotatable bonds is 2. The Morgan fingerprint density at radius 2 is 1.76 bits per heavy atom. The van der Waals surface area contributed by atoms with E-state index in [2.05, 4.69) is 16.0 Å². The van der Waals surface area contributed by atoms with Crippen molar-refractivity contribution in [1.29, 1.82) is 0 Å². The Morgan fingerprint density at radius 1 is 0.941 bits per heavy atom. The molecule has 17 heavy (non-hydrogen) atoms. The predicted molar refractivity (Wildman–Crippen MR) is 68.9 cm³/mol. The van der Waals surface area contributed by atoms with E-state index in [1.165, 1.54) is 0 Å². The van der Waals surface area contributed by atoms with E-state index in [-0.39, 0.29) is 0 Å². The third-order valence-electron chi connectivity index (χ3n) is 2.32. The largest absolute Gasteiger partial charge is 0.252 e. The monoisotopic (exact) mass is 237 g/mol. The summed E-state index contributed by atoms with van der Waals surface area (Å²) in [5.41, 5.74) is 1.85. The molecule has 3 rings (SSSR count). The highest BCUT2D eigenvalue weighted by atomic mass is 32.2. The van der Waals surface area contributed by atoms with E-state index in [0.29, 0.717) is 0 Å². The van der Waals surface area contributed by atoms with E-state index in [4.69, 9.17) is 0 Å². The molecule has 1 aromatic heterocycles. The normalized spacial score (nSPS) is 10.6. The molecule has 81 valence electrons. The van der Waals surface area contributed by atoms with Gasteiger partial charge in [0, 0.05) is 4.90 Å². The molecule has 0 saturated carbocycles. The molecule has 1 heterocycles. The van der Waals surface area contributed by atoms with Crippen LogP contribution >= 0.6 is 11.8 Å². The Labute approximate surface area is 104 Å². The number of para-hydroxylation sites is 2. The minimum atomic E-state index is 0.895. The van der Waals surface area contributed by atoms with Crippen LogP contribution in [0.4, 0.5) is 0 Å². The second-order valence-corrected chi connectivity index (χ2v) is 4.59. The fourth-order valence-corrected chi connectivity index (χ4v) is 2.29. The van der Waals surface area contributed by atoms with Gasteiger partial charge in [-0.15, -0.1) is 0 Å². The van der Waals surface area contributed by atoms with Gasteiger partial charge in [0.15, 0.2) is 0 Å². The Hall–Kier alpha value is -1.87. The van der Waals surface area contributed by atoms with Gasteiger partial charge in [-0.25, -0.2) is 4.98 Å². The highest BCUT2D eigenvalue weighted by Gasteiger charge is 2.01. The SMILES string of the molecule is [c]1ccccc1Sc1cnc2ccccc2n1. The van der Waals surface area contributed by atoms with Crippen LogP contribution in [-0.2, 0) is 0 Å². The first-order chi connectivity index (χ1) is 8.42. The first-order valence-corrected chi connectivity index (χ1v) is 6.10. The summed E-state index contributed by atoms with van der Waals surface area (Å²) in [4.78, 5) is 9.98. The average Bonchev–Trinajstić information content (AvgIpc) is 2.40. The molecule has 3 heteroatoms. The molecule has 2 nitrogen and oxygen atoms in total. The van der Waals surface area contributed by atoms with Crippen LogP contribution in [0.25, 0.3) is 11.0 Å². The molecule has 0 unspecified atom stereocenters. The van der Waals surface area contributed by atoms with Gasteiger partial charge in [0.1, 0.15) is 5.03 Å². The van der Waals surface area contributed by atoms with Gasteiger partial charge in [0.2, 0.25) is 0 Å². The van der Waals surface area contributed by atoms with Crippen molar-refractivity contribution in [2.75, 3.05) is 0 Å². The summed E-state index contributed by atoms with van der Waals surface area (Å²) in [5.74, 6) is 0. The van der Waals surface area contributed by atoms with Crippen LogP contribution in [0.1, 0.15) is 0 Å². The Morgan fingerprint density at radius 3 is 2.59 bits per heavy atom. The zero-order valence-corrected chi connectivity index (χ0v) is 9.82. The fraction of sp³-hybridized carbons (Fsp3) is 0. The number of hydrogen-bond donors (Lipinski definition) is 0. The summed E-state index contributed by atoms with van der Waals surface area (Å²) in [7, 11) is 0. The summed E-state index contributed by atoms with van der Waals surface area (Å²) in [5, 5.41) is 0.895. The molecule has 3 aromatic rings. The summed E-state index contributed by atoms with van der Waals surface area (Å²) in [6.45, 7) is 0. The van der Waals surface area contributed by atoms with Gasteiger partial charge >= 0.3 is 0 Å².